The van der Waals surface area contributed by atoms with E-state index >= 15 is 0 Å². The number of carboxylic acids is 1. The molecule has 1 aliphatic rings. The molecule has 6 nitrogen and oxygen atoms in total. The Morgan fingerprint density at radius 2 is 2.24 bits per heavy atom. The number of likely N-dealkylation sites (tertiary alicyclic amines) is 1. The van der Waals surface area contributed by atoms with Crippen LogP contribution in [-0.4, -0.2) is 66.8 Å². The van der Waals surface area contributed by atoms with Crippen LogP contribution in [0.15, 0.2) is 0 Å². The van der Waals surface area contributed by atoms with Gasteiger partial charge in [0.05, 0.1) is 6.10 Å². The van der Waals surface area contributed by atoms with Gasteiger partial charge < -0.3 is 19.6 Å². The molecule has 1 N–H and O–H groups in total. The molecule has 1 fully saturated rings. The van der Waals surface area contributed by atoms with Crippen molar-refractivity contribution in [2.24, 2.45) is 0 Å². The number of hydrogen-bond donors (Lipinski definition) is 1. The molecule has 2 amide bonds. The number of carboxylic acid groups (broad SMARTS) is 1. The van der Waals surface area contributed by atoms with Crippen molar-refractivity contribution in [1.82, 2.24) is 9.80 Å². The standard InChI is InChI=1S/C11H20N2O4/c1-12(6-3-4-10(14)15)11(16)13-7-5-9(8-13)17-2/h9H,3-8H2,1-2H3,(H,14,15). The number of amides is 2. The van der Waals surface area contributed by atoms with Gasteiger partial charge >= 0.3 is 12.0 Å². The first-order valence-electron chi connectivity index (χ1n) is 5.79. The molecule has 6 heteroatoms. The Balaban J connectivity index is 2.29. The van der Waals surface area contributed by atoms with Gasteiger partial charge in [-0.05, 0) is 12.8 Å². The molecule has 1 unspecified atom stereocenters. The summed E-state index contributed by atoms with van der Waals surface area (Å²) in [7, 11) is 3.35. The van der Waals surface area contributed by atoms with E-state index in [1.807, 2.05) is 0 Å². The van der Waals surface area contributed by atoms with Crippen molar-refractivity contribution in [3.8, 4) is 0 Å². The maximum atomic E-state index is 11.9. The predicted octanol–water partition coefficient (Wildman–Crippen LogP) is 0.624. The van der Waals surface area contributed by atoms with Crippen LogP contribution in [0.5, 0.6) is 0 Å². The van der Waals surface area contributed by atoms with Gasteiger partial charge in [0.1, 0.15) is 0 Å². The maximum Gasteiger partial charge on any atom is 0.319 e. The number of nitrogens with zero attached hydrogens (tertiary/aromatic N) is 2. The first-order valence-corrected chi connectivity index (χ1v) is 5.79. The van der Waals surface area contributed by atoms with E-state index in [0.29, 0.717) is 26.1 Å². The Labute approximate surface area is 101 Å². The van der Waals surface area contributed by atoms with Crippen molar-refractivity contribution < 1.29 is 19.4 Å². The molecule has 0 bridgehead atoms. The minimum absolute atomic E-state index is 0.0464. The van der Waals surface area contributed by atoms with Gasteiger partial charge in [0.15, 0.2) is 0 Å². The van der Waals surface area contributed by atoms with E-state index in [-0.39, 0.29) is 18.6 Å². The molecular weight excluding hydrogens is 224 g/mol. The van der Waals surface area contributed by atoms with E-state index < -0.39 is 5.97 Å². The summed E-state index contributed by atoms with van der Waals surface area (Å²) in [5, 5.41) is 8.51. The predicted molar refractivity (Wildman–Crippen MR) is 61.9 cm³/mol. The van der Waals surface area contributed by atoms with Gasteiger partial charge in [-0.3, -0.25) is 4.79 Å². The first-order chi connectivity index (χ1) is 8.04. The van der Waals surface area contributed by atoms with Gasteiger partial charge in [0.2, 0.25) is 0 Å². The monoisotopic (exact) mass is 244 g/mol. The van der Waals surface area contributed by atoms with Crippen molar-refractivity contribution in [1.29, 1.82) is 0 Å². The second-order valence-electron chi connectivity index (χ2n) is 4.29. The summed E-state index contributed by atoms with van der Waals surface area (Å²) in [5.74, 6) is -0.827. The zero-order valence-corrected chi connectivity index (χ0v) is 10.4. The van der Waals surface area contributed by atoms with E-state index in [4.69, 9.17) is 9.84 Å². The third-order valence-corrected chi connectivity index (χ3v) is 2.96. The number of rotatable bonds is 5. The smallest absolute Gasteiger partial charge is 0.319 e. The van der Waals surface area contributed by atoms with E-state index in [1.54, 1.807) is 24.0 Å². The molecule has 0 radical (unpaired) electrons. The molecule has 0 saturated carbocycles. The number of aliphatic carboxylic acids is 1. The van der Waals surface area contributed by atoms with Crippen LogP contribution in [0.2, 0.25) is 0 Å². The lowest BCUT2D eigenvalue weighted by Gasteiger charge is -2.24. The molecule has 1 aliphatic heterocycles. The molecular formula is C11H20N2O4. The summed E-state index contributed by atoms with van der Waals surface area (Å²) >= 11 is 0. The van der Waals surface area contributed by atoms with E-state index in [9.17, 15) is 9.59 Å². The van der Waals surface area contributed by atoms with Crippen LogP contribution >= 0.6 is 0 Å². The Bertz CT molecular complexity index is 283. The van der Waals surface area contributed by atoms with Gasteiger partial charge in [-0.1, -0.05) is 0 Å². The topological polar surface area (TPSA) is 70.1 Å². The Kier molecular flexibility index (Phi) is 5.21. The Morgan fingerprint density at radius 1 is 1.53 bits per heavy atom. The summed E-state index contributed by atoms with van der Waals surface area (Å²) in [5.41, 5.74) is 0. The average Bonchev–Trinajstić information content (AvgIpc) is 2.75. The summed E-state index contributed by atoms with van der Waals surface area (Å²) in [6, 6.07) is -0.0464. The zero-order valence-electron chi connectivity index (χ0n) is 10.4. The van der Waals surface area contributed by atoms with Crippen LogP contribution in [-0.2, 0) is 9.53 Å². The van der Waals surface area contributed by atoms with Crippen LogP contribution in [0.1, 0.15) is 19.3 Å². The fourth-order valence-electron chi connectivity index (χ4n) is 1.90. The van der Waals surface area contributed by atoms with Crippen molar-refractivity contribution >= 4 is 12.0 Å². The van der Waals surface area contributed by atoms with Crippen LogP contribution in [0.25, 0.3) is 0 Å². The van der Waals surface area contributed by atoms with Crippen molar-refractivity contribution in [3.63, 3.8) is 0 Å². The highest BCUT2D eigenvalue weighted by Gasteiger charge is 2.27. The van der Waals surface area contributed by atoms with Gasteiger partial charge in [-0.25, -0.2) is 4.79 Å². The molecule has 0 aromatic heterocycles. The fourth-order valence-corrected chi connectivity index (χ4v) is 1.90. The van der Waals surface area contributed by atoms with E-state index in [1.165, 1.54) is 0 Å². The largest absolute Gasteiger partial charge is 0.481 e. The lowest BCUT2D eigenvalue weighted by Crippen LogP contribution is -2.40. The molecule has 1 rings (SSSR count). The molecule has 0 aromatic rings. The summed E-state index contributed by atoms with van der Waals surface area (Å²) in [6.45, 7) is 1.80. The number of hydrogen-bond acceptors (Lipinski definition) is 3. The van der Waals surface area contributed by atoms with E-state index in [2.05, 4.69) is 0 Å². The minimum Gasteiger partial charge on any atom is -0.481 e. The normalized spacial score (nSPS) is 19.4. The SMILES string of the molecule is COC1CCN(C(=O)N(C)CCCC(=O)O)C1. The highest BCUT2D eigenvalue weighted by molar-refractivity contribution is 5.74. The lowest BCUT2D eigenvalue weighted by molar-refractivity contribution is -0.137. The van der Waals surface area contributed by atoms with Crippen LogP contribution < -0.4 is 0 Å². The number of methoxy groups -OCH3 is 1. The van der Waals surface area contributed by atoms with Crippen LogP contribution in [0.4, 0.5) is 4.79 Å². The first kappa shape index (κ1) is 13.8. The van der Waals surface area contributed by atoms with Crippen molar-refractivity contribution in [2.45, 2.75) is 25.4 Å². The molecule has 0 aliphatic carbocycles. The van der Waals surface area contributed by atoms with Gasteiger partial charge in [0, 0.05) is 40.2 Å². The van der Waals surface area contributed by atoms with Crippen molar-refractivity contribution in [3.05, 3.63) is 0 Å². The molecule has 17 heavy (non-hydrogen) atoms. The molecule has 1 saturated heterocycles. The van der Waals surface area contributed by atoms with Gasteiger partial charge in [-0.15, -0.1) is 0 Å². The third-order valence-electron chi connectivity index (χ3n) is 2.96. The maximum absolute atomic E-state index is 11.9. The summed E-state index contributed by atoms with van der Waals surface area (Å²) < 4.78 is 5.19. The lowest BCUT2D eigenvalue weighted by atomic mass is 10.3. The molecule has 1 heterocycles. The fraction of sp³-hybridized carbons (Fsp3) is 0.818. The number of urea groups is 1. The van der Waals surface area contributed by atoms with Gasteiger partial charge in [0.25, 0.3) is 0 Å². The van der Waals surface area contributed by atoms with Crippen molar-refractivity contribution in [2.75, 3.05) is 33.8 Å². The number of carbonyl (C=O) groups is 2. The number of carbonyl (C=O) groups excluding carboxylic acids is 1. The van der Waals surface area contributed by atoms with Gasteiger partial charge in [-0.2, -0.15) is 0 Å². The summed E-state index contributed by atoms with van der Waals surface area (Å²) in [4.78, 5) is 25.6. The molecule has 98 valence electrons. The molecule has 0 spiro atoms. The zero-order chi connectivity index (χ0) is 12.8. The Morgan fingerprint density at radius 3 is 2.76 bits per heavy atom. The second kappa shape index (κ2) is 6.44. The highest BCUT2D eigenvalue weighted by Crippen LogP contribution is 2.13. The van der Waals surface area contributed by atoms with Crippen LogP contribution in [0, 0.1) is 0 Å². The third kappa shape index (κ3) is 4.22. The molecule has 1 atom stereocenters. The Hall–Kier alpha value is -1.30. The van der Waals surface area contributed by atoms with Crippen LogP contribution in [0.3, 0.4) is 0 Å². The second-order valence-corrected chi connectivity index (χ2v) is 4.29. The summed E-state index contributed by atoms with van der Waals surface area (Å²) in [6.07, 6.45) is 1.58. The van der Waals surface area contributed by atoms with E-state index in [0.717, 1.165) is 6.42 Å². The minimum atomic E-state index is -0.827. The molecule has 0 aromatic carbocycles. The average molecular weight is 244 g/mol. The quantitative estimate of drug-likeness (QED) is 0.769. The number of ether oxygens (including phenoxy) is 1. The highest BCUT2D eigenvalue weighted by atomic mass is 16.5.